The molecule has 0 radical (unpaired) electrons. The van der Waals surface area contributed by atoms with Crippen molar-refractivity contribution in [1.29, 1.82) is 0 Å². The van der Waals surface area contributed by atoms with Crippen LogP contribution in [0.1, 0.15) is 6.42 Å². The normalized spacial score (nSPS) is 14.0. The molecule has 1 aliphatic rings. The molecule has 3 aromatic rings. The van der Waals surface area contributed by atoms with E-state index in [4.69, 9.17) is 0 Å². The molecular formula is C16H10N2O. The number of carbonyl (C=O) groups excluding carboxylic acids is 1. The molecule has 0 N–H and O–H groups in total. The Morgan fingerprint density at radius 2 is 1.89 bits per heavy atom. The lowest BCUT2D eigenvalue weighted by Gasteiger charge is -2.05. The van der Waals surface area contributed by atoms with Crippen LogP contribution in [-0.4, -0.2) is 10.9 Å². The van der Waals surface area contributed by atoms with Crippen molar-refractivity contribution in [2.24, 2.45) is 4.99 Å². The molecule has 2 aromatic carbocycles. The Balaban J connectivity index is 2.23. The number of hydrogen-bond donors (Lipinski definition) is 0. The minimum absolute atomic E-state index is 0.0828. The van der Waals surface area contributed by atoms with Crippen molar-refractivity contribution < 1.29 is 4.79 Å². The second kappa shape index (κ2) is 3.72. The molecule has 0 saturated heterocycles. The molecule has 3 nitrogen and oxygen atoms in total. The second-order valence-electron chi connectivity index (χ2n) is 4.66. The third-order valence-electron chi connectivity index (χ3n) is 3.44. The number of rotatable bonds is 0. The van der Waals surface area contributed by atoms with E-state index in [2.05, 4.69) is 16.0 Å². The number of hydrogen-bond acceptors (Lipinski definition) is 2. The number of benzene rings is 2. The molecule has 0 aliphatic carbocycles. The molecule has 0 unspecified atom stereocenters. The van der Waals surface area contributed by atoms with E-state index in [1.165, 1.54) is 0 Å². The summed E-state index contributed by atoms with van der Waals surface area (Å²) in [6.07, 6.45) is 2.32. The zero-order valence-corrected chi connectivity index (χ0v) is 10.1. The van der Waals surface area contributed by atoms with Crippen molar-refractivity contribution in [2.45, 2.75) is 6.42 Å². The minimum Gasteiger partial charge on any atom is -0.272 e. The highest BCUT2D eigenvalue weighted by atomic mass is 16.1. The Kier molecular flexibility index (Phi) is 2.03. The number of aromatic nitrogens is 1. The SMILES string of the molecule is O=C1CC=c2c(ccc3nc4ccccc4cc23)=N1. The lowest BCUT2D eigenvalue weighted by molar-refractivity contribution is -0.117. The average Bonchev–Trinajstić information content (AvgIpc) is 2.44. The number of fused-ring (bicyclic) bond motifs is 4. The van der Waals surface area contributed by atoms with Gasteiger partial charge in [-0.3, -0.25) is 4.79 Å². The summed E-state index contributed by atoms with van der Waals surface area (Å²) < 4.78 is 0. The Morgan fingerprint density at radius 1 is 1.00 bits per heavy atom. The molecule has 1 amide bonds. The smallest absolute Gasteiger partial charge is 0.250 e. The first kappa shape index (κ1) is 10.4. The molecule has 1 aliphatic heterocycles. The standard InChI is InChI=1S/C16H10N2O/c19-16-8-5-11-12-9-10-3-1-2-4-13(10)17-15(12)7-6-14(11)18-16/h1-7,9H,8H2. The van der Waals surface area contributed by atoms with Crippen molar-refractivity contribution in [3.8, 4) is 0 Å². The maximum atomic E-state index is 11.4. The van der Waals surface area contributed by atoms with Crippen molar-refractivity contribution in [2.75, 3.05) is 0 Å². The third kappa shape index (κ3) is 1.55. The molecule has 90 valence electrons. The lowest BCUT2D eigenvalue weighted by atomic mass is 10.1. The van der Waals surface area contributed by atoms with Crippen LogP contribution >= 0.6 is 0 Å². The van der Waals surface area contributed by atoms with Crippen LogP contribution < -0.4 is 10.6 Å². The quantitative estimate of drug-likeness (QED) is 0.567. The van der Waals surface area contributed by atoms with Gasteiger partial charge >= 0.3 is 0 Å². The summed E-state index contributed by atoms with van der Waals surface area (Å²) in [5.74, 6) is -0.0828. The van der Waals surface area contributed by atoms with E-state index >= 15 is 0 Å². The molecule has 0 fully saturated rings. The minimum atomic E-state index is -0.0828. The van der Waals surface area contributed by atoms with Crippen LogP contribution in [0.4, 0.5) is 0 Å². The highest BCUT2D eigenvalue weighted by molar-refractivity contribution is 5.94. The molecule has 3 heteroatoms. The van der Waals surface area contributed by atoms with Crippen LogP contribution in [0.5, 0.6) is 0 Å². The van der Waals surface area contributed by atoms with Gasteiger partial charge in [0.1, 0.15) is 0 Å². The fourth-order valence-corrected chi connectivity index (χ4v) is 2.54. The van der Waals surface area contributed by atoms with Crippen molar-refractivity contribution in [1.82, 2.24) is 4.98 Å². The van der Waals surface area contributed by atoms with Gasteiger partial charge in [0.05, 0.1) is 16.4 Å². The van der Waals surface area contributed by atoms with Gasteiger partial charge in [-0.1, -0.05) is 24.3 Å². The maximum absolute atomic E-state index is 11.4. The van der Waals surface area contributed by atoms with Crippen LogP contribution in [0.25, 0.3) is 27.9 Å². The van der Waals surface area contributed by atoms with Gasteiger partial charge < -0.3 is 0 Å². The van der Waals surface area contributed by atoms with Crippen LogP contribution in [0.15, 0.2) is 47.5 Å². The van der Waals surface area contributed by atoms with Gasteiger partial charge in [-0.2, -0.15) is 0 Å². The molecule has 0 bridgehead atoms. The van der Waals surface area contributed by atoms with Crippen LogP contribution in [-0.2, 0) is 4.79 Å². The molecule has 2 heterocycles. The van der Waals surface area contributed by atoms with Gasteiger partial charge in [0.2, 0.25) is 5.91 Å². The summed E-state index contributed by atoms with van der Waals surface area (Å²) >= 11 is 0. The van der Waals surface area contributed by atoms with Gasteiger partial charge in [-0.15, -0.1) is 0 Å². The van der Waals surface area contributed by atoms with Gasteiger partial charge in [0, 0.05) is 22.4 Å². The van der Waals surface area contributed by atoms with E-state index < -0.39 is 0 Å². The summed E-state index contributed by atoms with van der Waals surface area (Å²) in [5.41, 5.74) is 1.93. The number of pyridine rings is 1. The van der Waals surface area contributed by atoms with E-state index in [9.17, 15) is 4.79 Å². The highest BCUT2D eigenvalue weighted by Crippen LogP contribution is 2.16. The summed E-state index contributed by atoms with van der Waals surface area (Å²) in [5, 5.41) is 3.94. The van der Waals surface area contributed by atoms with Crippen molar-refractivity contribution in [3.05, 3.63) is 53.0 Å². The summed E-state index contributed by atoms with van der Waals surface area (Å²) in [6, 6.07) is 14.0. The monoisotopic (exact) mass is 246 g/mol. The first-order valence-electron chi connectivity index (χ1n) is 6.21. The number of amides is 1. The Hall–Kier alpha value is -2.55. The molecule has 0 spiro atoms. The Morgan fingerprint density at radius 3 is 2.84 bits per heavy atom. The largest absolute Gasteiger partial charge is 0.272 e. The van der Waals surface area contributed by atoms with Crippen LogP contribution in [0.2, 0.25) is 0 Å². The fourth-order valence-electron chi connectivity index (χ4n) is 2.54. The maximum Gasteiger partial charge on any atom is 0.250 e. The molecular weight excluding hydrogens is 236 g/mol. The van der Waals surface area contributed by atoms with Gasteiger partial charge in [0.15, 0.2) is 0 Å². The van der Waals surface area contributed by atoms with Crippen molar-refractivity contribution >= 4 is 33.8 Å². The van der Waals surface area contributed by atoms with Gasteiger partial charge in [-0.05, 0) is 24.3 Å². The van der Waals surface area contributed by atoms with E-state index in [-0.39, 0.29) is 5.91 Å². The molecule has 0 atom stereocenters. The van der Waals surface area contributed by atoms with Crippen molar-refractivity contribution in [3.63, 3.8) is 0 Å². The van der Waals surface area contributed by atoms with Crippen LogP contribution in [0.3, 0.4) is 0 Å². The molecule has 0 saturated carbocycles. The van der Waals surface area contributed by atoms with E-state index in [1.54, 1.807) is 0 Å². The molecule has 19 heavy (non-hydrogen) atoms. The van der Waals surface area contributed by atoms with E-state index in [1.807, 2.05) is 42.5 Å². The highest BCUT2D eigenvalue weighted by Gasteiger charge is 2.07. The van der Waals surface area contributed by atoms with E-state index in [0.717, 1.165) is 32.4 Å². The summed E-state index contributed by atoms with van der Waals surface area (Å²) in [6.45, 7) is 0. The molecule has 1 aromatic heterocycles. The summed E-state index contributed by atoms with van der Waals surface area (Å²) in [4.78, 5) is 20.1. The second-order valence-corrected chi connectivity index (χ2v) is 4.66. The van der Waals surface area contributed by atoms with E-state index in [0.29, 0.717) is 6.42 Å². The third-order valence-corrected chi connectivity index (χ3v) is 3.44. The zero-order valence-electron chi connectivity index (χ0n) is 10.1. The Labute approximate surface area is 108 Å². The predicted molar refractivity (Wildman–Crippen MR) is 74.1 cm³/mol. The van der Waals surface area contributed by atoms with Gasteiger partial charge in [0.25, 0.3) is 0 Å². The number of para-hydroxylation sites is 1. The fraction of sp³-hybridized carbons (Fsp3) is 0.0625. The van der Waals surface area contributed by atoms with Gasteiger partial charge in [-0.25, -0.2) is 9.98 Å². The Bertz CT molecular complexity index is 958. The number of carbonyl (C=O) groups is 1. The predicted octanol–water partition coefficient (Wildman–Crippen LogP) is 1.72. The first-order valence-corrected chi connectivity index (χ1v) is 6.21. The lowest BCUT2D eigenvalue weighted by Crippen LogP contribution is -2.30. The number of nitrogens with zero attached hydrogens (tertiary/aromatic N) is 2. The zero-order chi connectivity index (χ0) is 12.8. The summed E-state index contributed by atoms with van der Waals surface area (Å²) in [7, 11) is 0. The molecule has 4 rings (SSSR count). The topological polar surface area (TPSA) is 42.3 Å². The first-order chi connectivity index (χ1) is 9.31. The average molecular weight is 246 g/mol. The van der Waals surface area contributed by atoms with Crippen LogP contribution in [0, 0.1) is 0 Å².